The first kappa shape index (κ1) is 25.6. The van der Waals surface area contributed by atoms with Gasteiger partial charge in [-0.25, -0.2) is 4.98 Å². The number of H-pyrrole nitrogens is 1. The highest BCUT2D eigenvalue weighted by Crippen LogP contribution is 2.40. The normalized spacial score (nSPS) is 17.9. The van der Waals surface area contributed by atoms with Gasteiger partial charge in [0.05, 0.1) is 57.1 Å². The number of benzene rings is 1. The van der Waals surface area contributed by atoms with Gasteiger partial charge in [-0.3, -0.25) is 14.7 Å². The Labute approximate surface area is 220 Å². The van der Waals surface area contributed by atoms with Crippen molar-refractivity contribution in [3.8, 4) is 11.3 Å². The summed E-state index contributed by atoms with van der Waals surface area (Å²) in [5.41, 5.74) is 4.04. The van der Waals surface area contributed by atoms with E-state index in [2.05, 4.69) is 22.6 Å². The maximum atomic E-state index is 13.3. The molecule has 5 rings (SSSR count). The molecule has 3 heterocycles. The number of thiazole rings is 1. The number of ether oxygens (including phenoxy) is 1. The lowest BCUT2D eigenvalue weighted by Gasteiger charge is -2.37. The van der Waals surface area contributed by atoms with Crippen LogP contribution in [0.4, 0.5) is 0 Å². The number of aromatic amines is 1. The Morgan fingerprint density at radius 3 is 2.65 bits per heavy atom. The second-order valence-electron chi connectivity index (χ2n) is 10.6. The van der Waals surface area contributed by atoms with Gasteiger partial charge in [0.1, 0.15) is 18.1 Å². The zero-order chi connectivity index (χ0) is 25.9. The highest BCUT2D eigenvalue weighted by molar-refractivity contribution is 7.09. The van der Waals surface area contributed by atoms with Crippen molar-refractivity contribution in [3.05, 3.63) is 57.7 Å². The minimum absolute atomic E-state index is 0.195. The number of hydrogen-bond donors (Lipinski definition) is 3. The molecular weight excluding hydrogens is 490 g/mol. The van der Waals surface area contributed by atoms with Crippen molar-refractivity contribution in [2.24, 2.45) is 5.41 Å². The van der Waals surface area contributed by atoms with E-state index >= 15 is 0 Å². The molecule has 3 N–H and O–H groups in total. The molecular formula is C27H34N5O4S+. The number of nitrogens with one attached hydrogen (secondary N) is 2. The summed E-state index contributed by atoms with van der Waals surface area (Å²) in [5, 5.41) is 22.7. The number of quaternary nitrogens is 1. The predicted molar refractivity (Wildman–Crippen MR) is 140 cm³/mol. The Balaban J connectivity index is 1.20. The quantitative estimate of drug-likeness (QED) is 0.351. The van der Waals surface area contributed by atoms with Crippen molar-refractivity contribution in [2.45, 2.75) is 38.6 Å². The molecule has 9 nitrogen and oxygen atoms in total. The van der Waals surface area contributed by atoms with Crippen LogP contribution in [0.25, 0.3) is 11.3 Å². The smallest absolute Gasteiger partial charge is 0.304 e. The molecule has 1 aliphatic carbocycles. The first-order chi connectivity index (χ1) is 17.9. The van der Waals surface area contributed by atoms with Crippen molar-refractivity contribution in [1.82, 2.24) is 20.5 Å². The van der Waals surface area contributed by atoms with Crippen LogP contribution in [-0.2, 0) is 40.1 Å². The summed E-state index contributed by atoms with van der Waals surface area (Å²) < 4.78 is 6.55. The molecule has 196 valence electrons. The molecule has 1 amide bonds. The zero-order valence-electron chi connectivity index (χ0n) is 21.2. The van der Waals surface area contributed by atoms with Gasteiger partial charge in [-0.15, -0.1) is 11.3 Å². The van der Waals surface area contributed by atoms with Gasteiger partial charge in [0.25, 0.3) is 0 Å². The molecule has 0 atom stereocenters. The fourth-order valence-corrected chi connectivity index (χ4v) is 6.31. The van der Waals surface area contributed by atoms with Crippen molar-refractivity contribution in [1.29, 1.82) is 0 Å². The maximum absolute atomic E-state index is 13.3. The number of likely N-dealkylation sites (N-methyl/N-ethyl adjacent to an activating group) is 1. The molecule has 10 heteroatoms. The van der Waals surface area contributed by atoms with Crippen molar-refractivity contribution in [3.63, 3.8) is 0 Å². The molecule has 1 fully saturated rings. The second kappa shape index (κ2) is 10.7. The van der Waals surface area contributed by atoms with Gasteiger partial charge >= 0.3 is 5.97 Å². The third-order valence-electron chi connectivity index (χ3n) is 7.77. The summed E-state index contributed by atoms with van der Waals surface area (Å²) in [7, 11) is 2.29. The van der Waals surface area contributed by atoms with E-state index in [1.165, 1.54) is 11.3 Å². The minimum atomic E-state index is -0.965. The third kappa shape index (κ3) is 5.76. The minimum Gasteiger partial charge on any atom is -0.481 e. The number of amides is 1. The Kier molecular flexibility index (Phi) is 7.41. The van der Waals surface area contributed by atoms with Gasteiger partial charge in [-0.05, 0) is 30.4 Å². The molecule has 0 unspecified atom stereocenters. The van der Waals surface area contributed by atoms with E-state index in [1.807, 2.05) is 35.8 Å². The number of hydrogen-bond acceptors (Lipinski definition) is 6. The van der Waals surface area contributed by atoms with Gasteiger partial charge < -0.3 is 19.6 Å². The molecule has 1 saturated heterocycles. The van der Waals surface area contributed by atoms with Gasteiger partial charge in [-0.2, -0.15) is 5.10 Å². The largest absolute Gasteiger partial charge is 0.481 e. The monoisotopic (exact) mass is 524 g/mol. The predicted octanol–water partition coefficient (Wildman–Crippen LogP) is 2.82. The molecule has 37 heavy (non-hydrogen) atoms. The summed E-state index contributed by atoms with van der Waals surface area (Å²) in [5.74, 6) is -1.19. The zero-order valence-corrected chi connectivity index (χ0v) is 22.0. The summed E-state index contributed by atoms with van der Waals surface area (Å²) in [4.78, 5) is 29.7. The van der Waals surface area contributed by atoms with Crippen LogP contribution in [0, 0.1) is 5.41 Å². The van der Waals surface area contributed by atoms with Crippen LogP contribution in [-0.4, -0.2) is 76.5 Å². The van der Waals surface area contributed by atoms with Crippen molar-refractivity contribution in [2.75, 3.05) is 39.9 Å². The Hall–Kier alpha value is -3.08. The SMILES string of the molecule is C[N+]1(CCCc2[nH]ncc2-c2csc(CNC(=O)C3(CC(=O)O)Cc4ccccc4C3)n2)CCOCC1. The average Bonchev–Trinajstić information content (AvgIpc) is 3.60. The van der Waals surface area contributed by atoms with E-state index in [0.717, 1.165) is 83.3 Å². The number of aromatic nitrogens is 3. The molecule has 1 aromatic carbocycles. The Morgan fingerprint density at radius 1 is 1.22 bits per heavy atom. The molecule has 0 spiro atoms. The number of fused-ring (bicyclic) bond motifs is 1. The number of carboxylic acids is 1. The number of aliphatic carboxylic acids is 1. The Morgan fingerprint density at radius 2 is 1.95 bits per heavy atom. The fraction of sp³-hybridized carbons (Fsp3) is 0.481. The molecule has 2 aromatic heterocycles. The lowest BCUT2D eigenvalue weighted by atomic mass is 9.80. The standard InChI is InChI=1S/C27H33N5O4S/c1-32(9-11-36-12-10-32)8-4-7-22-21(16-29-31-22)23-18-37-24(30-23)17-28-26(35)27(15-25(33)34)13-19-5-2-3-6-20(19)14-27/h2-3,5-6,16,18H,4,7-15,17H2,1H3,(H2-,28,29,31,33,34,35)/p+1. The van der Waals surface area contributed by atoms with Crippen LogP contribution in [0.1, 0.15) is 34.7 Å². The number of carboxylic acid groups (broad SMARTS) is 1. The number of rotatable bonds is 10. The van der Waals surface area contributed by atoms with Gasteiger partial charge in [0.15, 0.2) is 0 Å². The lowest BCUT2D eigenvalue weighted by molar-refractivity contribution is -0.917. The Bertz CT molecular complexity index is 1240. The van der Waals surface area contributed by atoms with E-state index < -0.39 is 11.4 Å². The van der Waals surface area contributed by atoms with Gasteiger partial charge in [-0.1, -0.05) is 24.3 Å². The molecule has 3 aromatic rings. The lowest BCUT2D eigenvalue weighted by Crippen LogP contribution is -2.52. The summed E-state index contributed by atoms with van der Waals surface area (Å²) in [6, 6.07) is 7.81. The molecule has 0 radical (unpaired) electrons. The second-order valence-corrected chi connectivity index (χ2v) is 11.5. The summed E-state index contributed by atoms with van der Waals surface area (Å²) in [6.45, 7) is 5.13. The first-order valence-electron chi connectivity index (χ1n) is 12.8. The molecule has 0 bridgehead atoms. The van der Waals surface area contributed by atoms with Gasteiger partial charge in [0, 0.05) is 23.1 Å². The topological polar surface area (TPSA) is 117 Å². The third-order valence-corrected chi connectivity index (χ3v) is 8.62. The van der Waals surface area contributed by atoms with Crippen LogP contribution in [0.2, 0.25) is 0 Å². The average molecular weight is 525 g/mol. The summed E-state index contributed by atoms with van der Waals surface area (Å²) in [6.07, 6.45) is 4.44. The fourth-order valence-electron chi connectivity index (χ4n) is 5.58. The first-order valence-corrected chi connectivity index (χ1v) is 13.7. The van der Waals surface area contributed by atoms with Crippen LogP contribution >= 0.6 is 11.3 Å². The van der Waals surface area contributed by atoms with E-state index in [9.17, 15) is 14.7 Å². The molecule has 2 aliphatic rings. The van der Waals surface area contributed by atoms with E-state index in [4.69, 9.17) is 9.72 Å². The molecule has 0 saturated carbocycles. The number of nitrogens with zero attached hydrogens (tertiary/aromatic N) is 3. The summed E-state index contributed by atoms with van der Waals surface area (Å²) >= 11 is 1.49. The van der Waals surface area contributed by atoms with E-state index in [1.54, 1.807) is 0 Å². The van der Waals surface area contributed by atoms with Gasteiger partial charge in [0.2, 0.25) is 5.91 Å². The van der Waals surface area contributed by atoms with Crippen LogP contribution in [0.15, 0.2) is 35.8 Å². The highest BCUT2D eigenvalue weighted by atomic mass is 32.1. The highest BCUT2D eigenvalue weighted by Gasteiger charge is 2.45. The van der Waals surface area contributed by atoms with Crippen molar-refractivity contribution < 1.29 is 23.9 Å². The van der Waals surface area contributed by atoms with Crippen LogP contribution < -0.4 is 5.32 Å². The number of aryl methyl sites for hydroxylation is 1. The number of morpholine rings is 1. The number of carbonyl (C=O) groups excluding carboxylic acids is 1. The van der Waals surface area contributed by atoms with Crippen LogP contribution in [0.3, 0.4) is 0 Å². The van der Waals surface area contributed by atoms with E-state index in [0.29, 0.717) is 12.8 Å². The molecule has 1 aliphatic heterocycles. The maximum Gasteiger partial charge on any atom is 0.304 e. The van der Waals surface area contributed by atoms with E-state index in [-0.39, 0.29) is 18.9 Å². The van der Waals surface area contributed by atoms with Crippen molar-refractivity contribution >= 4 is 23.2 Å². The van der Waals surface area contributed by atoms with Crippen LogP contribution in [0.5, 0.6) is 0 Å². The number of carbonyl (C=O) groups is 2.